The van der Waals surface area contributed by atoms with Crippen molar-refractivity contribution in [1.29, 1.82) is 0 Å². The summed E-state index contributed by atoms with van der Waals surface area (Å²) in [5.41, 5.74) is 3.59. The van der Waals surface area contributed by atoms with Crippen LogP contribution in [0.15, 0.2) is 48.5 Å². The summed E-state index contributed by atoms with van der Waals surface area (Å²) in [5.74, 6) is -0.671. The molecule has 7 nitrogen and oxygen atoms in total. The number of carboxylic acid groups (broad SMARTS) is 1. The fraction of sp³-hybridized carbons (Fsp3) is 0.464. The first-order valence-corrected chi connectivity index (χ1v) is 12.3. The van der Waals surface area contributed by atoms with Crippen LogP contribution in [0.1, 0.15) is 56.6 Å². The van der Waals surface area contributed by atoms with E-state index in [-0.39, 0.29) is 36.8 Å². The van der Waals surface area contributed by atoms with E-state index in [0.29, 0.717) is 13.0 Å². The van der Waals surface area contributed by atoms with Crippen LogP contribution in [-0.4, -0.2) is 42.3 Å². The Morgan fingerprint density at radius 3 is 2.26 bits per heavy atom. The van der Waals surface area contributed by atoms with E-state index in [1.165, 1.54) is 11.1 Å². The Morgan fingerprint density at radius 2 is 1.66 bits per heavy atom. The van der Waals surface area contributed by atoms with Crippen molar-refractivity contribution in [2.24, 2.45) is 16.7 Å². The van der Waals surface area contributed by atoms with Crippen molar-refractivity contribution in [1.82, 2.24) is 10.6 Å². The first-order valence-electron chi connectivity index (χ1n) is 12.3. The molecule has 0 spiro atoms. The summed E-state index contributed by atoms with van der Waals surface area (Å²) in [5, 5.41) is 15.2. The highest BCUT2D eigenvalue weighted by Crippen LogP contribution is 2.63. The zero-order chi connectivity index (χ0) is 24.8. The molecule has 184 valence electrons. The molecule has 0 aliphatic heterocycles. The fourth-order valence-electron chi connectivity index (χ4n) is 6.00. The number of nitrogens with one attached hydrogen (secondary N) is 2. The second-order valence-electron chi connectivity index (χ2n) is 11.1. The maximum atomic E-state index is 12.6. The van der Waals surface area contributed by atoms with Gasteiger partial charge in [0.25, 0.3) is 0 Å². The molecule has 5 rings (SSSR count). The third-order valence-electron chi connectivity index (χ3n) is 7.90. The smallest absolute Gasteiger partial charge is 0.407 e. The van der Waals surface area contributed by atoms with Crippen molar-refractivity contribution in [2.75, 3.05) is 13.2 Å². The molecular weight excluding hydrogens is 444 g/mol. The lowest BCUT2D eigenvalue weighted by molar-refractivity contribution is -0.143. The minimum absolute atomic E-state index is 0.00124. The highest BCUT2D eigenvalue weighted by atomic mass is 16.5. The molecule has 3 N–H and O–H groups in total. The van der Waals surface area contributed by atoms with Crippen LogP contribution in [-0.2, 0) is 14.3 Å². The number of hydrogen-bond acceptors (Lipinski definition) is 4. The number of hydrogen-bond donors (Lipinski definition) is 3. The SMILES string of the molecule is CC(C)(CNC(=O)OCC1c2ccccc2-c2ccccc21)CC(=O)NC1CC2CC2(C(=O)O)C1. The van der Waals surface area contributed by atoms with Gasteiger partial charge >= 0.3 is 12.1 Å². The second kappa shape index (κ2) is 8.70. The number of amides is 2. The monoisotopic (exact) mass is 476 g/mol. The third kappa shape index (κ3) is 4.51. The van der Waals surface area contributed by atoms with Crippen molar-refractivity contribution in [2.45, 2.75) is 51.5 Å². The first-order chi connectivity index (χ1) is 16.7. The Bertz CT molecular complexity index is 1130. The molecule has 3 unspecified atom stereocenters. The number of aliphatic carboxylic acids is 1. The minimum Gasteiger partial charge on any atom is -0.481 e. The van der Waals surface area contributed by atoms with E-state index in [9.17, 15) is 19.5 Å². The standard InChI is InChI=1S/C28H32N2O5/c1-27(2,14-24(31)30-18-11-17-12-28(17,13-18)25(32)33)16-29-26(34)35-15-23-21-9-5-3-7-19(21)20-8-4-6-10-22(20)23/h3-10,17-18,23H,11-16H2,1-2H3,(H,29,34)(H,30,31)(H,32,33). The molecule has 2 aromatic carbocycles. The summed E-state index contributed by atoms with van der Waals surface area (Å²) < 4.78 is 5.59. The highest BCUT2D eigenvalue weighted by molar-refractivity contribution is 5.81. The largest absolute Gasteiger partial charge is 0.481 e. The first kappa shape index (κ1) is 23.4. The Balaban J connectivity index is 1.09. The number of carboxylic acids is 1. The predicted octanol–water partition coefficient (Wildman–Crippen LogP) is 4.31. The molecule has 3 atom stereocenters. The molecule has 2 amide bonds. The lowest BCUT2D eigenvalue weighted by atomic mass is 9.88. The molecule has 2 aromatic rings. The molecule has 3 aliphatic carbocycles. The molecule has 0 aromatic heterocycles. The summed E-state index contributed by atoms with van der Waals surface area (Å²) in [6.07, 6.45) is 1.70. The zero-order valence-corrected chi connectivity index (χ0v) is 20.2. The lowest BCUT2D eigenvalue weighted by Crippen LogP contribution is -2.41. The third-order valence-corrected chi connectivity index (χ3v) is 7.90. The molecule has 0 heterocycles. The summed E-state index contributed by atoms with van der Waals surface area (Å²) in [4.78, 5) is 36.5. The molecule has 3 aliphatic rings. The number of carbonyl (C=O) groups excluding carboxylic acids is 2. The summed E-state index contributed by atoms with van der Waals surface area (Å²) >= 11 is 0. The normalized spacial score (nSPS) is 24.2. The average Bonchev–Trinajstić information content (AvgIpc) is 3.25. The average molecular weight is 477 g/mol. The molecule has 35 heavy (non-hydrogen) atoms. The van der Waals surface area contributed by atoms with E-state index in [2.05, 4.69) is 34.9 Å². The van der Waals surface area contributed by atoms with Gasteiger partial charge in [0.15, 0.2) is 0 Å². The molecule has 2 fully saturated rings. The molecule has 0 saturated heterocycles. The van der Waals surface area contributed by atoms with E-state index in [0.717, 1.165) is 24.0 Å². The van der Waals surface area contributed by atoms with Crippen LogP contribution in [0.5, 0.6) is 0 Å². The van der Waals surface area contributed by atoms with Gasteiger partial charge in [-0.2, -0.15) is 0 Å². The van der Waals surface area contributed by atoms with Gasteiger partial charge in [-0.25, -0.2) is 4.79 Å². The van der Waals surface area contributed by atoms with Gasteiger partial charge in [-0.3, -0.25) is 9.59 Å². The topological polar surface area (TPSA) is 105 Å². The lowest BCUT2D eigenvalue weighted by Gasteiger charge is -2.26. The van der Waals surface area contributed by atoms with Crippen LogP contribution in [0.25, 0.3) is 11.1 Å². The molecule has 2 saturated carbocycles. The van der Waals surface area contributed by atoms with Gasteiger partial charge in [-0.15, -0.1) is 0 Å². The van der Waals surface area contributed by atoms with Crippen LogP contribution in [0.4, 0.5) is 4.79 Å². The number of carbonyl (C=O) groups is 3. The van der Waals surface area contributed by atoms with Gasteiger partial charge in [-0.05, 0) is 52.8 Å². The maximum Gasteiger partial charge on any atom is 0.407 e. The van der Waals surface area contributed by atoms with E-state index in [1.807, 2.05) is 38.1 Å². The van der Waals surface area contributed by atoms with Crippen LogP contribution >= 0.6 is 0 Å². The van der Waals surface area contributed by atoms with Gasteiger partial charge in [0.05, 0.1) is 5.41 Å². The van der Waals surface area contributed by atoms with Gasteiger partial charge in [0.1, 0.15) is 6.61 Å². The number of ether oxygens (including phenoxy) is 1. The Morgan fingerprint density at radius 1 is 1.03 bits per heavy atom. The predicted molar refractivity (Wildman–Crippen MR) is 131 cm³/mol. The quantitative estimate of drug-likeness (QED) is 0.527. The van der Waals surface area contributed by atoms with E-state index in [4.69, 9.17) is 4.74 Å². The van der Waals surface area contributed by atoms with E-state index in [1.54, 1.807) is 0 Å². The second-order valence-corrected chi connectivity index (χ2v) is 11.1. The number of fused-ring (bicyclic) bond motifs is 4. The fourth-order valence-corrected chi connectivity index (χ4v) is 6.00. The highest BCUT2D eigenvalue weighted by Gasteiger charge is 2.65. The Labute approximate surface area is 205 Å². The summed E-state index contributed by atoms with van der Waals surface area (Å²) in [7, 11) is 0. The van der Waals surface area contributed by atoms with E-state index < -0.39 is 22.9 Å². The number of rotatable bonds is 8. The van der Waals surface area contributed by atoms with Gasteiger partial charge in [0, 0.05) is 24.9 Å². The van der Waals surface area contributed by atoms with Crippen molar-refractivity contribution >= 4 is 18.0 Å². The van der Waals surface area contributed by atoms with E-state index >= 15 is 0 Å². The van der Waals surface area contributed by atoms with Gasteiger partial charge < -0.3 is 20.5 Å². The molecule has 0 radical (unpaired) electrons. The summed E-state index contributed by atoms with van der Waals surface area (Å²) in [6, 6.07) is 16.3. The molecule has 7 heteroatoms. The molecular formula is C28H32N2O5. The van der Waals surface area contributed by atoms with Crippen molar-refractivity contribution in [3.05, 3.63) is 59.7 Å². The minimum atomic E-state index is -0.744. The van der Waals surface area contributed by atoms with Crippen LogP contribution in [0, 0.1) is 16.7 Å². The van der Waals surface area contributed by atoms with Crippen LogP contribution < -0.4 is 10.6 Å². The number of alkyl carbamates (subject to hydrolysis) is 1. The van der Waals surface area contributed by atoms with Crippen LogP contribution in [0.3, 0.4) is 0 Å². The van der Waals surface area contributed by atoms with Crippen molar-refractivity contribution < 1.29 is 24.2 Å². The Kier molecular flexibility index (Phi) is 5.82. The zero-order valence-electron chi connectivity index (χ0n) is 20.2. The van der Waals surface area contributed by atoms with Gasteiger partial charge in [-0.1, -0.05) is 62.4 Å². The van der Waals surface area contributed by atoms with Crippen LogP contribution in [0.2, 0.25) is 0 Å². The number of benzene rings is 2. The summed E-state index contributed by atoms with van der Waals surface area (Å²) in [6.45, 7) is 4.38. The van der Waals surface area contributed by atoms with Crippen molar-refractivity contribution in [3.8, 4) is 11.1 Å². The van der Waals surface area contributed by atoms with Crippen molar-refractivity contribution in [3.63, 3.8) is 0 Å². The molecule has 0 bridgehead atoms. The Hall–Kier alpha value is -3.35. The van der Waals surface area contributed by atoms with Gasteiger partial charge in [0.2, 0.25) is 5.91 Å². The maximum absolute atomic E-state index is 12.6.